The Morgan fingerprint density at radius 3 is 1.91 bits per heavy atom. The van der Waals surface area contributed by atoms with Gasteiger partial charge in [-0.25, -0.2) is 0 Å². The number of hydrogen-bond acceptors (Lipinski definition) is 3. The molecule has 1 saturated heterocycles. The van der Waals surface area contributed by atoms with Gasteiger partial charge in [-0.1, -0.05) is 79.1 Å². The van der Waals surface area contributed by atoms with E-state index in [1.807, 2.05) is 17.0 Å². The van der Waals surface area contributed by atoms with Crippen molar-refractivity contribution in [3.05, 3.63) is 24.3 Å². The van der Waals surface area contributed by atoms with Crippen molar-refractivity contribution in [2.75, 3.05) is 36.4 Å². The monoisotopic (exact) mass is 457 g/mol. The van der Waals surface area contributed by atoms with E-state index in [1.54, 1.807) is 0 Å². The normalized spacial score (nSPS) is 14.4. The lowest BCUT2D eigenvalue weighted by atomic mass is 9.91. The van der Waals surface area contributed by atoms with Crippen molar-refractivity contribution in [3.8, 4) is 0 Å². The second kappa shape index (κ2) is 14.3. The molecule has 1 N–H and O–H groups in total. The highest BCUT2D eigenvalue weighted by atomic mass is 16.2. The van der Waals surface area contributed by atoms with Crippen molar-refractivity contribution in [2.24, 2.45) is 5.41 Å². The highest BCUT2D eigenvalue weighted by Crippen LogP contribution is 2.23. The minimum Gasteiger partial charge on any atom is -0.368 e. The first-order valence-electron chi connectivity index (χ1n) is 13.2. The zero-order valence-corrected chi connectivity index (χ0v) is 21.6. The van der Waals surface area contributed by atoms with E-state index < -0.39 is 0 Å². The molecule has 5 heteroatoms. The van der Waals surface area contributed by atoms with Crippen molar-refractivity contribution in [1.82, 2.24) is 4.90 Å². The van der Waals surface area contributed by atoms with Crippen LogP contribution in [0.15, 0.2) is 24.3 Å². The van der Waals surface area contributed by atoms with Gasteiger partial charge in [0, 0.05) is 50.4 Å². The quantitative estimate of drug-likeness (QED) is 0.338. The molecule has 0 radical (unpaired) electrons. The van der Waals surface area contributed by atoms with Gasteiger partial charge in [-0.2, -0.15) is 0 Å². The van der Waals surface area contributed by atoms with Gasteiger partial charge in [0.15, 0.2) is 0 Å². The van der Waals surface area contributed by atoms with Crippen molar-refractivity contribution in [2.45, 2.75) is 98.3 Å². The molecule has 1 aliphatic heterocycles. The fourth-order valence-electron chi connectivity index (χ4n) is 4.35. The number of rotatable bonds is 13. The lowest BCUT2D eigenvalue weighted by molar-refractivity contribution is -0.133. The summed E-state index contributed by atoms with van der Waals surface area (Å²) in [4.78, 5) is 29.0. The lowest BCUT2D eigenvalue weighted by Gasteiger charge is -2.37. The summed E-state index contributed by atoms with van der Waals surface area (Å²) in [5.74, 6) is 0.365. The summed E-state index contributed by atoms with van der Waals surface area (Å²) >= 11 is 0. The number of hydrogen-bond donors (Lipinski definition) is 1. The Morgan fingerprint density at radius 1 is 0.818 bits per heavy atom. The Hall–Kier alpha value is -2.04. The van der Waals surface area contributed by atoms with Crippen LogP contribution in [-0.4, -0.2) is 42.9 Å². The molecule has 2 amide bonds. The summed E-state index contributed by atoms with van der Waals surface area (Å²) in [7, 11) is 0. The summed E-state index contributed by atoms with van der Waals surface area (Å²) in [6.45, 7) is 11.8. The van der Waals surface area contributed by atoms with Crippen molar-refractivity contribution in [1.29, 1.82) is 0 Å². The molecule has 5 nitrogen and oxygen atoms in total. The zero-order valence-electron chi connectivity index (χ0n) is 21.6. The molecule has 0 bridgehead atoms. The van der Waals surface area contributed by atoms with Crippen LogP contribution in [0.1, 0.15) is 98.3 Å². The van der Waals surface area contributed by atoms with Crippen LogP contribution in [0.25, 0.3) is 0 Å². The topological polar surface area (TPSA) is 52.7 Å². The highest BCUT2D eigenvalue weighted by molar-refractivity contribution is 5.90. The molecule has 0 aliphatic carbocycles. The highest BCUT2D eigenvalue weighted by Gasteiger charge is 2.24. The number of carbonyl (C=O) groups excluding carboxylic acids is 2. The Labute approximate surface area is 202 Å². The Balaban J connectivity index is 1.63. The number of benzene rings is 1. The van der Waals surface area contributed by atoms with Crippen LogP contribution in [0.4, 0.5) is 11.4 Å². The van der Waals surface area contributed by atoms with Gasteiger partial charge < -0.3 is 15.1 Å². The maximum Gasteiger partial charge on any atom is 0.224 e. The van der Waals surface area contributed by atoms with E-state index in [0.29, 0.717) is 12.8 Å². The second-order valence-corrected chi connectivity index (χ2v) is 10.8. The fraction of sp³-hybridized carbons (Fsp3) is 0.714. The molecule has 0 unspecified atom stereocenters. The van der Waals surface area contributed by atoms with Crippen molar-refractivity contribution in [3.63, 3.8) is 0 Å². The van der Waals surface area contributed by atoms with Crippen LogP contribution in [0.5, 0.6) is 0 Å². The van der Waals surface area contributed by atoms with E-state index in [0.717, 1.165) is 50.4 Å². The molecular formula is C28H47N3O2. The molecule has 0 aromatic heterocycles. The van der Waals surface area contributed by atoms with Gasteiger partial charge in [0.25, 0.3) is 0 Å². The molecule has 0 atom stereocenters. The largest absolute Gasteiger partial charge is 0.368 e. The van der Waals surface area contributed by atoms with E-state index in [9.17, 15) is 9.59 Å². The Bertz CT molecular complexity index is 701. The Kier molecular flexibility index (Phi) is 11.8. The van der Waals surface area contributed by atoms with Crippen LogP contribution in [0.2, 0.25) is 0 Å². The Morgan fingerprint density at radius 2 is 1.36 bits per heavy atom. The first-order chi connectivity index (χ1) is 15.8. The van der Waals surface area contributed by atoms with Gasteiger partial charge in [-0.05, 0) is 36.1 Å². The fourth-order valence-corrected chi connectivity index (χ4v) is 4.35. The predicted molar refractivity (Wildman–Crippen MR) is 140 cm³/mol. The molecule has 33 heavy (non-hydrogen) atoms. The number of nitrogens with one attached hydrogen (secondary N) is 1. The number of nitrogens with zero attached hydrogens (tertiary/aromatic N) is 2. The third kappa shape index (κ3) is 11.1. The van der Waals surface area contributed by atoms with Gasteiger partial charge in [-0.15, -0.1) is 0 Å². The first kappa shape index (κ1) is 27.2. The van der Waals surface area contributed by atoms with E-state index >= 15 is 0 Å². The average molecular weight is 458 g/mol. The van der Waals surface area contributed by atoms with Crippen LogP contribution < -0.4 is 10.2 Å². The average Bonchev–Trinajstić information content (AvgIpc) is 2.77. The summed E-state index contributed by atoms with van der Waals surface area (Å²) in [5, 5.41) is 3.03. The minimum absolute atomic E-state index is 0.0301. The van der Waals surface area contributed by atoms with Gasteiger partial charge >= 0.3 is 0 Å². The summed E-state index contributed by atoms with van der Waals surface area (Å²) in [6, 6.07) is 8.11. The molecule has 0 saturated carbocycles. The van der Waals surface area contributed by atoms with E-state index in [4.69, 9.17) is 0 Å². The van der Waals surface area contributed by atoms with Crippen LogP contribution in [0.3, 0.4) is 0 Å². The molecule has 1 heterocycles. The predicted octanol–water partition coefficient (Wildman–Crippen LogP) is 6.63. The molecular weight excluding hydrogens is 410 g/mol. The smallest absolute Gasteiger partial charge is 0.224 e. The van der Waals surface area contributed by atoms with E-state index in [-0.39, 0.29) is 17.2 Å². The maximum atomic E-state index is 12.4. The molecule has 186 valence electrons. The van der Waals surface area contributed by atoms with Gasteiger partial charge in [0.1, 0.15) is 0 Å². The third-order valence-electron chi connectivity index (χ3n) is 6.34. The molecule has 1 aromatic rings. The van der Waals surface area contributed by atoms with E-state index in [2.05, 4.69) is 50.0 Å². The summed E-state index contributed by atoms with van der Waals surface area (Å²) < 4.78 is 0. The number of amides is 2. The molecule has 1 aliphatic rings. The van der Waals surface area contributed by atoms with Crippen LogP contribution in [-0.2, 0) is 9.59 Å². The minimum atomic E-state index is 0.0301. The SMILES string of the molecule is CCCCCCCCCCCC(=O)Nc1ccc(N2CCN(C(=O)CC(C)(C)C)CC2)cc1. The van der Waals surface area contributed by atoms with Crippen molar-refractivity contribution < 1.29 is 9.59 Å². The lowest BCUT2D eigenvalue weighted by Crippen LogP contribution is -2.49. The number of unbranched alkanes of at least 4 members (excludes halogenated alkanes) is 8. The standard InChI is InChI=1S/C28H47N3O2/c1-5-6-7-8-9-10-11-12-13-14-26(32)29-24-15-17-25(18-16-24)30-19-21-31(22-20-30)27(33)23-28(2,3)4/h15-18H,5-14,19-23H2,1-4H3,(H,29,32). The second-order valence-electron chi connectivity index (χ2n) is 10.8. The molecule has 0 spiro atoms. The van der Waals surface area contributed by atoms with Gasteiger partial charge in [-0.3, -0.25) is 9.59 Å². The maximum absolute atomic E-state index is 12.4. The number of anilines is 2. The van der Waals surface area contributed by atoms with Crippen LogP contribution >= 0.6 is 0 Å². The summed E-state index contributed by atoms with van der Waals surface area (Å²) in [6.07, 6.45) is 12.6. The van der Waals surface area contributed by atoms with Gasteiger partial charge in [0.05, 0.1) is 0 Å². The summed E-state index contributed by atoms with van der Waals surface area (Å²) in [5.41, 5.74) is 2.04. The molecule has 2 rings (SSSR count). The first-order valence-corrected chi connectivity index (χ1v) is 13.2. The zero-order chi connectivity index (χ0) is 24.1. The number of piperazine rings is 1. The number of carbonyl (C=O) groups is 2. The third-order valence-corrected chi connectivity index (χ3v) is 6.34. The molecule has 1 aromatic carbocycles. The van der Waals surface area contributed by atoms with Crippen LogP contribution in [0, 0.1) is 5.41 Å². The molecule has 1 fully saturated rings. The van der Waals surface area contributed by atoms with Gasteiger partial charge in [0.2, 0.25) is 11.8 Å². The van der Waals surface area contributed by atoms with E-state index in [1.165, 1.54) is 44.9 Å². The van der Waals surface area contributed by atoms with Crippen molar-refractivity contribution >= 4 is 23.2 Å².